The molecule has 1 saturated heterocycles. The van der Waals surface area contributed by atoms with E-state index in [2.05, 4.69) is 30.7 Å². The highest BCUT2D eigenvalue weighted by Gasteiger charge is 2.26. The smallest absolute Gasteiger partial charge is 0.335 e. The molecule has 1 fully saturated rings. The standard InChI is InChI=1S/C23H21N3O3.C18H18N4O2/c1-14(2)26(3)22-21(20-12-17(13-29-20)15-7-5-4-6-8-15)24-18-10-9-16(23(27)28)11-19(18)25-22;1-11-3-2-8-22(11)17-16(13-6-7-19-10-13)20-14-5-4-12(18(23)24)9-15(14)21-17/h4-14H,1-3H3,(H,27,28);4-7,9-11,19H,2-3,8H2,1H3,(H,23,24)/t;11-/m.0/s1. The molecule has 7 aromatic rings. The third kappa shape index (κ3) is 7.16. The maximum absolute atomic E-state index is 11.3. The lowest BCUT2D eigenvalue weighted by Crippen LogP contribution is -2.28. The third-order valence-corrected chi connectivity index (χ3v) is 9.53. The Morgan fingerprint density at radius 1 is 0.811 bits per heavy atom. The molecule has 0 aliphatic carbocycles. The minimum Gasteiger partial charge on any atom is -0.478 e. The van der Waals surface area contributed by atoms with Gasteiger partial charge in [-0.05, 0) is 87.7 Å². The Balaban J connectivity index is 0.000000167. The van der Waals surface area contributed by atoms with Crippen molar-refractivity contribution in [1.82, 2.24) is 24.9 Å². The lowest BCUT2D eigenvalue weighted by Gasteiger charge is -2.24. The molecule has 3 N–H and O–H groups in total. The number of hydrogen-bond donors (Lipinski definition) is 3. The van der Waals surface area contributed by atoms with Crippen molar-refractivity contribution in [1.29, 1.82) is 0 Å². The van der Waals surface area contributed by atoms with Gasteiger partial charge in [-0.2, -0.15) is 0 Å². The van der Waals surface area contributed by atoms with Crippen molar-refractivity contribution in [3.8, 4) is 33.8 Å². The molecule has 53 heavy (non-hydrogen) atoms. The average Bonchev–Trinajstić information content (AvgIpc) is 3.97. The van der Waals surface area contributed by atoms with Crippen LogP contribution in [0.25, 0.3) is 55.9 Å². The van der Waals surface area contributed by atoms with E-state index in [-0.39, 0.29) is 17.2 Å². The first-order chi connectivity index (χ1) is 25.6. The number of hydrogen-bond acceptors (Lipinski definition) is 9. The Kier molecular flexibility index (Phi) is 9.60. The largest absolute Gasteiger partial charge is 0.478 e. The normalized spacial score (nSPS) is 14.1. The molecule has 0 radical (unpaired) electrons. The Bertz CT molecular complexity index is 2430. The zero-order chi connectivity index (χ0) is 37.2. The van der Waals surface area contributed by atoms with Crippen molar-refractivity contribution in [2.75, 3.05) is 23.4 Å². The Hall–Kier alpha value is -6.56. The van der Waals surface area contributed by atoms with Crippen LogP contribution in [0.3, 0.4) is 0 Å². The van der Waals surface area contributed by atoms with Crippen LogP contribution in [0.15, 0.2) is 102 Å². The summed E-state index contributed by atoms with van der Waals surface area (Å²) in [6, 6.07) is 24.1. The number of nitrogens with zero attached hydrogens (tertiary/aromatic N) is 6. The van der Waals surface area contributed by atoms with Crippen LogP contribution >= 0.6 is 0 Å². The summed E-state index contributed by atoms with van der Waals surface area (Å²) in [4.78, 5) is 49.0. The number of aromatic carboxylic acids is 2. The second kappa shape index (κ2) is 14.6. The van der Waals surface area contributed by atoms with Crippen LogP contribution in [0.1, 0.15) is 54.3 Å². The van der Waals surface area contributed by atoms with Crippen LogP contribution in [0, 0.1) is 0 Å². The van der Waals surface area contributed by atoms with Crippen LogP contribution in [0.2, 0.25) is 0 Å². The molecule has 0 amide bonds. The van der Waals surface area contributed by atoms with Gasteiger partial charge in [-0.25, -0.2) is 29.5 Å². The van der Waals surface area contributed by atoms with E-state index in [0.717, 1.165) is 47.6 Å². The highest BCUT2D eigenvalue weighted by Crippen LogP contribution is 2.35. The van der Waals surface area contributed by atoms with Gasteiger partial charge >= 0.3 is 11.9 Å². The van der Waals surface area contributed by atoms with Crippen molar-refractivity contribution in [3.05, 3.63) is 109 Å². The number of rotatable bonds is 8. The highest BCUT2D eigenvalue weighted by molar-refractivity contribution is 5.94. The van der Waals surface area contributed by atoms with E-state index >= 15 is 0 Å². The van der Waals surface area contributed by atoms with Crippen molar-refractivity contribution in [2.24, 2.45) is 0 Å². The van der Waals surface area contributed by atoms with Gasteiger partial charge in [0.1, 0.15) is 11.4 Å². The second-order valence-corrected chi connectivity index (χ2v) is 13.4. The fourth-order valence-electron chi connectivity index (χ4n) is 6.37. The van der Waals surface area contributed by atoms with Crippen molar-refractivity contribution >= 4 is 45.6 Å². The average molecular weight is 710 g/mol. The van der Waals surface area contributed by atoms with Crippen LogP contribution in [-0.2, 0) is 0 Å². The maximum Gasteiger partial charge on any atom is 0.335 e. The third-order valence-electron chi connectivity index (χ3n) is 9.53. The summed E-state index contributed by atoms with van der Waals surface area (Å²) >= 11 is 0. The monoisotopic (exact) mass is 709 g/mol. The first kappa shape index (κ1) is 34.9. The van der Waals surface area contributed by atoms with Gasteiger partial charge in [0.15, 0.2) is 17.4 Å². The number of H-pyrrole nitrogens is 1. The Labute approximate surface area is 305 Å². The molecule has 1 aliphatic heterocycles. The number of anilines is 2. The van der Waals surface area contributed by atoms with Gasteiger partial charge in [0, 0.05) is 49.2 Å². The van der Waals surface area contributed by atoms with Gasteiger partial charge in [-0.1, -0.05) is 30.3 Å². The first-order valence-corrected chi connectivity index (χ1v) is 17.4. The number of carboxylic acids is 2. The molecule has 4 aromatic heterocycles. The maximum atomic E-state index is 11.3. The topological polar surface area (TPSA) is 162 Å². The predicted octanol–water partition coefficient (Wildman–Crippen LogP) is 8.41. The predicted molar refractivity (Wildman–Crippen MR) is 206 cm³/mol. The summed E-state index contributed by atoms with van der Waals surface area (Å²) in [5, 5.41) is 18.5. The molecular weight excluding hydrogens is 670 g/mol. The minimum atomic E-state index is -0.991. The number of aromatic amines is 1. The van der Waals surface area contributed by atoms with Gasteiger partial charge in [0.2, 0.25) is 0 Å². The summed E-state index contributed by atoms with van der Waals surface area (Å²) in [5.41, 5.74) is 7.33. The fraction of sp³-hybridized carbons (Fsp3) is 0.220. The summed E-state index contributed by atoms with van der Waals surface area (Å²) in [6.07, 6.45) is 7.74. The van der Waals surface area contributed by atoms with Crippen LogP contribution in [-0.4, -0.2) is 72.7 Å². The quantitative estimate of drug-likeness (QED) is 0.139. The van der Waals surface area contributed by atoms with Crippen molar-refractivity contribution in [2.45, 2.75) is 45.7 Å². The van der Waals surface area contributed by atoms with Crippen LogP contribution in [0.4, 0.5) is 11.6 Å². The Morgan fingerprint density at radius 2 is 1.47 bits per heavy atom. The van der Waals surface area contributed by atoms with E-state index < -0.39 is 11.9 Å². The van der Waals surface area contributed by atoms with Crippen molar-refractivity contribution < 1.29 is 24.2 Å². The summed E-state index contributed by atoms with van der Waals surface area (Å²) in [7, 11) is 1.94. The molecule has 5 heterocycles. The SMILES string of the molecule is CC(C)N(C)c1nc2cc(C(=O)O)ccc2nc1-c1cc(-c2ccccc2)co1.C[C@H]1CCCN1c1nc2cc(C(=O)O)ccc2nc1-c1cc[nH]c1. The van der Waals surface area contributed by atoms with E-state index in [0.29, 0.717) is 45.4 Å². The molecule has 12 heteroatoms. The molecule has 0 spiro atoms. The molecule has 12 nitrogen and oxygen atoms in total. The number of carboxylic acid groups (broad SMARTS) is 2. The number of fused-ring (bicyclic) bond motifs is 2. The van der Waals surface area contributed by atoms with E-state index in [1.165, 1.54) is 6.07 Å². The van der Waals surface area contributed by atoms with Gasteiger partial charge in [-0.15, -0.1) is 0 Å². The highest BCUT2D eigenvalue weighted by atomic mass is 16.4. The van der Waals surface area contributed by atoms with Gasteiger partial charge < -0.3 is 29.4 Å². The Morgan fingerprint density at radius 3 is 2.06 bits per heavy atom. The molecule has 0 unspecified atom stereocenters. The molecule has 0 saturated carbocycles. The number of furan rings is 1. The fourth-order valence-corrected chi connectivity index (χ4v) is 6.37. The van der Waals surface area contributed by atoms with Gasteiger partial charge in [0.05, 0.1) is 39.5 Å². The number of carbonyl (C=O) groups is 2. The summed E-state index contributed by atoms with van der Waals surface area (Å²) in [5.74, 6) is 0.140. The molecule has 8 rings (SSSR count). The van der Waals surface area contributed by atoms with Crippen molar-refractivity contribution in [3.63, 3.8) is 0 Å². The lowest BCUT2D eigenvalue weighted by molar-refractivity contribution is 0.0686. The first-order valence-electron chi connectivity index (χ1n) is 17.4. The van der Waals surface area contributed by atoms with Crippen LogP contribution in [0.5, 0.6) is 0 Å². The minimum absolute atomic E-state index is 0.173. The second-order valence-electron chi connectivity index (χ2n) is 13.4. The molecular formula is C41H39N7O5. The van der Waals surface area contributed by atoms with E-state index in [4.69, 9.17) is 24.4 Å². The molecule has 1 aliphatic rings. The van der Waals surface area contributed by atoms with Gasteiger partial charge in [0.25, 0.3) is 0 Å². The van der Waals surface area contributed by atoms with E-state index in [1.54, 1.807) is 36.6 Å². The summed E-state index contributed by atoms with van der Waals surface area (Å²) < 4.78 is 5.86. The summed E-state index contributed by atoms with van der Waals surface area (Å²) in [6.45, 7) is 7.24. The zero-order valence-corrected chi connectivity index (χ0v) is 29.8. The van der Waals surface area contributed by atoms with Crippen LogP contribution < -0.4 is 9.80 Å². The molecule has 0 bridgehead atoms. The van der Waals surface area contributed by atoms with E-state index in [9.17, 15) is 19.8 Å². The molecule has 268 valence electrons. The number of aromatic nitrogens is 5. The van der Waals surface area contributed by atoms with Gasteiger partial charge in [-0.3, -0.25) is 0 Å². The number of nitrogens with one attached hydrogen (secondary N) is 1. The molecule has 3 aromatic carbocycles. The number of benzene rings is 3. The lowest BCUT2D eigenvalue weighted by atomic mass is 10.1. The molecule has 1 atom stereocenters. The zero-order valence-electron chi connectivity index (χ0n) is 29.8. The van der Waals surface area contributed by atoms with E-state index in [1.807, 2.05) is 66.8 Å².